The first-order valence-electron chi connectivity index (χ1n) is 9.62. The van der Waals surface area contributed by atoms with Gasteiger partial charge in [0.25, 0.3) is 0 Å². The molecule has 0 spiro atoms. The third kappa shape index (κ3) is 5.49. The number of piperazine rings is 1. The van der Waals surface area contributed by atoms with Crippen LogP contribution in [0.1, 0.15) is 36.9 Å². The van der Waals surface area contributed by atoms with E-state index in [-0.39, 0.29) is 37.6 Å². The quantitative estimate of drug-likeness (QED) is 0.691. The van der Waals surface area contributed by atoms with E-state index in [2.05, 4.69) is 0 Å². The van der Waals surface area contributed by atoms with Crippen molar-refractivity contribution in [2.45, 2.75) is 38.0 Å². The number of rotatable bonds is 6. The molecule has 0 bridgehead atoms. The van der Waals surface area contributed by atoms with Crippen molar-refractivity contribution in [1.29, 1.82) is 0 Å². The van der Waals surface area contributed by atoms with Crippen LogP contribution < -0.4 is 0 Å². The van der Waals surface area contributed by atoms with Gasteiger partial charge in [-0.1, -0.05) is 12.1 Å². The van der Waals surface area contributed by atoms with Crippen molar-refractivity contribution in [3.05, 3.63) is 35.4 Å². The second kappa shape index (κ2) is 8.23. The Morgan fingerprint density at radius 1 is 1.21 bits per heavy atom. The molecule has 1 aromatic carbocycles. The summed E-state index contributed by atoms with van der Waals surface area (Å²) in [5.41, 5.74) is -0.165. The average Bonchev–Trinajstić information content (AvgIpc) is 3.49. The molecule has 0 unspecified atom stereocenters. The number of hydrogen-bond donors (Lipinski definition) is 0. The monoisotopic (exact) mass is 433 g/mol. The van der Waals surface area contributed by atoms with E-state index >= 15 is 0 Å². The molecule has 2 aliphatic rings. The lowest BCUT2D eigenvalue weighted by Gasteiger charge is -2.36. The van der Waals surface area contributed by atoms with E-state index < -0.39 is 21.8 Å². The Labute approximate surface area is 169 Å². The normalized spacial score (nSPS) is 20.1. The molecule has 3 rings (SSSR count). The summed E-state index contributed by atoms with van der Waals surface area (Å²) in [4.78, 5) is 16.4. The van der Waals surface area contributed by atoms with Gasteiger partial charge in [0.05, 0.1) is 18.4 Å². The lowest BCUT2D eigenvalue weighted by Crippen LogP contribution is -2.52. The van der Waals surface area contributed by atoms with Crippen LogP contribution in [0, 0.1) is 0 Å². The SMILES string of the molecule is C[C@H](c1cccc(C(F)(F)F)c1)N(CC(=O)N1CCN(S(C)(=O)=O)CC1)C1CC1. The number of hydrogen-bond acceptors (Lipinski definition) is 4. The molecular formula is C19H26F3N3O3S. The number of halogens is 3. The number of carbonyl (C=O) groups is 1. The average molecular weight is 433 g/mol. The molecule has 1 aliphatic carbocycles. The highest BCUT2D eigenvalue weighted by atomic mass is 32.2. The van der Waals surface area contributed by atoms with Crippen molar-refractivity contribution in [3.8, 4) is 0 Å². The van der Waals surface area contributed by atoms with Gasteiger partial charge in [-0.05, 0) is 37.5 Å². The first kappa shape index (κ1) is 22.0. The zero-order valence-electron chi connectivity index (χ0n) is 16.5. The summed E-state index contributed by atoms with van der Waals surface area (Å²) in [7, 11) is -3.27. The minimum atomic E-state index is -4.41. The molecule has 10 heteroatoms. The Morgan fingerprint density at radius 3 is 2.34 bits per heavy atom. The topological polar surface area (TPSA) is 60.9 Å². The van der Waals surface area contributed by atoms with Crippen LogP contribution in [0.4, 0.5) is 13.2 Å². The van der Waals surface area contributed by atoms with Crippen molar-refractivity contribution in [2.75, 3.05) is 39.0 Å². The van der Waals surface area contributed by atoms with E-state index in [1.807, 2.05) is 11.8 Å². The van der Waals surface area contributed by atoms with Crippen molar-refractivity contribution < 1.29 is 26.4 Å². The molecule has 29 heavy (non-hydrogen) atoms. The first-order chi connectivity index (χ1) is 13.5. The lowest BCUT2D eigenvalue weighted by molar-refractivity contribution is -0.138. The zero-order chi connectivity index (χ0) is 21.4. The van der Waals surface area contributed by atoms with E-state index in [0.29, 0.717) is 18.7 Å². The van der Waals surface area contributed by atoms with Crippen molar-refractivity contribution in [2.24, 2.45) is 0 Å². The smallest absolute Gasteiger partial charge is 0.339 e. The largest absolute Gasteiger partial charge is 0.416 e. The maximum atomic E-state index is 13.1. The molecule has 1 aliphatic heterocycles. The lowest BCUT2D eigenvalue weighted by atomic mass is 10.0. The van der Waals surface area contributed by atoms with Crippen LogP contribution in [0.5, 0.6) is 0 Å². The van der Waals surface area contributed by atoms with Gasteiger partial charge >= 0.3 is 6.18 Å². The number of nitrogens with zero attached hydrogens (tertiary/aromatic N) is 3. The van der Waals surface area contributed by atoms with Crippen LogP contribution in [-0.2, 0) is 21.0 Å². The van der Waals surface area contributed by atoms with Gasteiger partial charge in [-0.3, -0.25) is 9.69 Å². The highest BCUT2D eigenvalue weighted by Crippen LogP contribution is 2.36. The van der Waals surface area contributed by atoms with Crippen molar-refractivity contribution in [1.82, 2.24) is 14.1 Å². The van der Waals surface area contributed by atoms with Crippen LogP contribution >= 0.6 is 0 Å². The van der Waals surface area contributed by atoms with E-state index in [0.717, 1.165) is 31.2 Å². The van der Waals surface area contributed by atoms with E-state index in [4.69, 9.17) is 0 Å². The Bertz CT molecular complexity index is 848. The Kier molecular flexibility index (Phi) is 6.26. The summed E-state index contributed by atoms with van der Waals surface area (Å²) in [6.45, 7) is 3.10. The molecule has 1 atom stereocenters. The van der Waals surface area contributed by atoms with Crippen LogP contribution in [0.3, 0.4) is 0 Å². The predicted molar refractivity (Wildman–Crippen MR) is 103 cm³/mol. The maximum absolute atomic E-state index is 13.1. The fraction of sp³-hybridized carbons (Fsp3) is 0.632. The highest BCUT2D eigenvalue weighted by molar-refractivity contribution is 7.88. The minimum Gasteiger partial charge on any atom is -0.339 e. The summed E-state index contributed by atoms with van der Waals surface area (Å²) < 4.78 is 63.7. The fourth-order valence-electron chi connectivity index (χ4n) is 3.68. The summed E-state index contributed by atoms with van der Waals surface area (Å²) in [5, 5.41) is 0. The number of sulfonamides is 1. The van der Waals surface area contributed by atoms with Gasteiger partial charge < -0.3 is 4.90 Å². The zero-order valence-corrected chi connectivity index (χ0v) is 17.3. The van der Waals surface area contributed by atoms with E-state index in [1.54, 1.807) is 11.0 Å². The van der Waals surface area contributed by atoms with E-state index in [1.165, 1.54) is 10.4 Å². The molecule has 2 fully saturated rings. The molecule has 1 saturated heterocycles. The van der Waals surface area contributed by atoms with Crippen LogP contribution in [0.2, 0.25) is 0 Å². The molecule has 1 heterocycles. The standard InChI is InChI=1S/C19H26F3N3O3S/c1-14(15-4-3-5-16(12-15)19(20,21)22)25(17-6-7-17)13-18(26)23-8-10-24(11-9-23)29(2,27)28/h3-5,12,14,17H,6-11,13H2,1-2H3/t14-/m1/s1. The Morgan fingerprint density at radius 2 is 1.83 bits per heavy atom. The van der Waals surface area contributed by atoms with Gasteiger partial charge in [0.2, 0.25) is 15.9 Å². The van der Waals surface area contributed by atoms with Gasteiger partial charge in [0.1, 0.15) is 0 Å². The molecule has 0 aromatic heterocycles. The van der Waals surface area contributed by atoms with Gasteiger partial charge in [0, 0.05) is 38.3 Å². The van der Waals surface area contributed by atoms with Gasteiger partial charge in [-0.2, -0.15) is 17.5 Å². The van der Waals surface area contributed by atoms with Crippen LogP contribution in [-0.4, -0.2) is 73.5 Å². The second-order valence-electron chi connectivity index (χ2n) is 7.75. The molecular weight excluding hydrogens is 407 g/mol. The summed E-state index contributed by atoms with van der Waals surface area (Å²) in [6.07, 6.45) is -1.43. The first-order valence-corrected chi connectivity index (χ1v) is 11.5. The second-order valence-corrected chi connectivity index (χ2v) is 9.73. The van der Waals surface area contributed by atoms with E-state index in [9.17, 15) is 26.4 Å². The van der Waals surface area contributed by atoms with Crippen LogP contribution in [0.25, 0.3) is 0 Å². The fourth-order valence-corrected chi connectivity index (χ4v) is 4.51. The number of benzene rings is 1. The number of alkyl halides is 3. The molecule has 0 N–H and O–H groups in total. The third-order valence-electron chi connectivity index (χ3n) is 5.59. The third-order valence-corrected chi connectivity index (χ3v) is 6.89. The molecule has 1 amide bonds. The summed E-state index contributed by atoms with van der Waals surface area (Å²) >= 11 is 0. The maximum Gasteiger partial charge on any atom is 0.416 e. The van der Waals surface area contributed by atoms with Crippen molar-refractivity contribution >= 4 is 15.9 Å². The summed E-state index contributed by atoms with van der Waals surface area (Å²) in [5.74, 6) is -0.121. The molecule has 1 saturated carbocycles. The Balaban J connectivity index is 1.67. The predicted octanol–water partition coefficient (Wildman–Crippen LogP) is 2.33. The van der Waals surface area contributed by atoms with Gasteiger partial charge in [0.15, 0.2) is 0 Å². The van der Waals surface area contributed by atoms with Crippen LogP contribution in [0.15, 0.2) is 24.3 Å². The van der Waals surface area contributed by atoms with Gasteiger partial charge in [-0.15, -0.1) is 0 Å². The molecule has 1 aromatic rings. The Hall–Kier alpha value is -1.65. The van der Waals surface area contributed by atoms with Crippen molar-refractivity contribution in [3.63, 3.8) is 0 Å². The number of amides is 1. The molecule has 0 radical (unpaired) electrons. The highest BCUT2D eigenvalue weighted by Gasteiger charge is 2.37. The summed E-state index contributed by atoms with van der Waals surface area (Å²) in [6, 6.07) is 5.10. The minimum absolute atomic E-state index is 0.112. The number of carbonyl (C=O) groups excluding carboxylic acids is 1. The molecule has 162 valence electrons. The molecule has 6 nitrogen and oxygen atoms in total. The van der Waals surface area contributed by atoms with Gasteiger partial charge in [-0.25, -0.2) is 8.42 Å².